The Morgan fingerprint density at radius 1 is 1.00 bits per heavy atom. The summed E-state index contributed by atoms with van der Waals surface area (Å²) in [5, 5.41) is 6.57. The zero-order chi connectivity index (χ0) is 18.2. The third-order valence-corrected chi connectivity index (χ3v) is 3.49. The number of hydrogen-bond acceptors (Lipinski definition) is 4. The summed E-state index contributed by atoms with van der Waals surface area (Å²) in [7, 11) is 0. The quantitative estimate of drug-likeness (QED) is 0.712. The lowest BCUT2D eigenvalue weighted by Crippen LogP contribution is -2.21. The SMILES string of the molecule is C#C.C1CNCCNC1.Cc1ccc2c(c1)N=CC/C=C\C=C/CO2. The average Bonchev–Trinajstić information content (AvgIpc) is 2.98. The molecule has 2 heterocycles. The van der Waals surface area contributed by atoms with Crippen LogP contribution in [-0.2, 0) is 0 Å². The monoisotopic (exact) mass is 339 g/mol. The van der Waals surface area contributed by atoms with Gasteiger partial charge in [-0.3, -0.25) is 4.99 Å². The molecule has 1 aromatic rings. The van der Waals surface area contributed by atoms with E-state index in [-0.39, 0.29) is 0 Å². The zero-order valence-corrected chi connectivity index (χ0v) is 15.1. The number of aliphatic imine (C=N–C) groups is 1. The summed E-state index contributed by atoms with van der Waals surface area (Å²) in [5.41, 5.74) is 2.10. The maximum atomic E-state index is 5.64. The second kappa shape index (κ2) is 14.0. The molecule has 2 aliphatic rings. The Hall–Kier alpha value is -2.35. The minimum Gasteiger partial charge on any atom is -0.487 e. The van der Waals surface area contributed by atoms with E-state index in [1.165, 1.54) is 25.1 Å². The van der Waals surface area contributed by atoms with Crippen molar-refractivity contribution in [1.29, 1.82) is 0 Å². The molecule has 25 heavy (non-hydrogen) atoms. The highest BCUT2D eigenvalue weighted by molar-refractivity contribution is 5.68. The Morgan fingerprint density at radius 3 is 2.48 bits per heavy atom. The fourth-order valence-electron chi connectivity index (χ4n) is 2.26. The number of nitrogens with zero attached hydrogens (tertiary/aromatic N) is 1. The van der Waals surface area contributed by atoms with Crippen molar-refractivity contribution in [3.8, 4) is 18.6 Å². The highest BCUT2D eigenvalue weighted by Crippen LogP contribution is 2.28. The number of nitrogens with one attached hydrogen (secondary N) is 2. The van der Waals surface area contributed by atoms with Gasteiger partial charge in [0.1, 0.15) is 18.0 Å². The number of benzene rings is 1. The predicted molar refractivity (Wildman–Crippen MR) is 108 cm³/mol. The maximum absolute atomic E-state index is 5.64. The van der Waals surface area contributed by atoms with E-state index >= 15 is 0 Å². The number of fused-ring (bicyclic) bond motifs is 1. The highest BCUT2D eigenvalue weighted by atomic mass is 16.5. The molecule has 4 nitrogen and oxygen atoms in total. The first-order valence-corrected chi connectivity index (χ1v) is 8.68. The lowest BCUT2D eigenvalue weighted by molar-refractivity contribution is 0.364. The molecule has 0 atom stereocenters. The van der Waals surface area contributed by atoms with Crippen molar-refractivity contribution in [3.63, 3.8) is 0 Å². The Labute approximate surface area is 152 Å². The predicted octanol–water partition coefficient (Wildman–Crippen LogP) is 3.41. The largest absolute Gasteiger partial charge is 0.487 e. The number of terminal acetylenes is 1. The van der Waals surface area contributed by atoms with Gasteiger partial charge in [0, 0.05) is 25.7 Å². The van der Waals surface area contributed by atoms with Crippen LogP contribution in [0, 0.1) is 19.8 Å². The van der Waals surface area contributed by atoms with Crippen LogP contribution in [0.3, 0.4) is 0 Å². The molecule has 0 aromatic heterocycles. The van der Waals surface area contributed by atoms with Crippen LogP contribution >= 0.6 is 0 Å². The molecule has 2 N–H and O–H groups in total. The van der Waals surface area contributed by atoms with E-state index < -0.39 is 0 Å². The van der Waals surface area contributed by atoms with E-state index in [1.54, 1.807) is 0 Å². The van der Waals surface area contributed by atoms with Crippen LogP contribution in [0.2, 0.25) is 0 Å². The van der Waals surface area contributed by atoms with Gasteiger partial charge in [-0.05, 0) is 50.2 Å². The Bertz CT molecular complexity index is 568. The number of hydrogen-bond donors (Lipinski definition) is 2. The van der Waals surface area contributed by atoms with Gasteiger partial charge in [0.15, 0.2) is 0 Å². The number of allylic oxidation sites excluding steroid dienone is 3. The fraction of sp³-hybridized carbons (Fsp3) is 0.381. The molecule has 3 rings (SSSR count). The molecule has 0 saturated carbocycles. The Kier molecular flexibility index (Phi) is 11.6. The lowest BCUT2D eigenvalue weighted by Gasteiger charge is -2.07. The Morgan fingerprint density at radius 2 is 1.72 bits per heavy atom. The second-order valence-electron chi connectivity index (χ2n) is 5.54. The van der Waals surface area contributed by atoms with Crippen LogP contribution in [0.1, 0.15) is 18.4 Å². The van der Waals surface area contributed by atoms with Gasteiger partial charge in [-0.25, -0.2) is 0 Å². The molecule has 0 bridgehead atoms. The summed E-state index contributed by atoms with van der Waals surface area (Å²) < 4.78 is 5.64. The van der Waals surface area contributed by atoms with E-state index in [0.717, 1.165) is 30.9 Å². The van der Waals surface area contributed by atoms with Gasteiger partial charge in [-0.15, -0.1) is 12.8 Å². The average molecular weight is 339 g/mol. The normalized spacial score (nSPS) is 19.0. The van der Waals surface area contributed by atoms with Crippen LogP contribution in [0.4, 0.5) is 5.69 Å². The molecular weight excluding hydrogens is 310 g/mol. The fourth-order valence-corrected chi connectivity index (χ4v) is 2.26. The van der Waals surface area contributed by atoms with Gasteiger partial charge >= 0.3 is 0 Å². The van der Waals surface area contributed by atoms with Gasteiger partial charge in [-0.1, -0.05) is 24.3 Å². The first-order chi connectivity index (χ1) is 12.4. The first kappa shape index (κ1) is 20.7. The number of rotatable bonds is 0. The van der Waals surface area contributed by atoms with Gasteiger partial charge in [0.05, 0.1) is 0 Å². The molecule has 1 saturated heterocycles. The summed E-state index contributed by atoms with van der Waals surface area (Å²) in [4.78, 5) is 4.42. The van der Waals surface area contributed by atoms with Crippen molar-refractivity contribution in [2.75, 3.05) is 32.8 Å². The molecule has 2 aliphatic heterocycles. The van der Waals surface area contributed by atoms with E-state index in [9.17, 15) is 0 Å². The van der Waals surface area contributed by atoms with Gasteiger partial charge in [0.2, 0.25) is 0 Å². The topological polar surface area (TPSA) is 45.7 Å². The molecule has 4 heteroatoms. The minimum absolute atomic E-state index is 0.579. The Balaban J connectivity index is 0.000000290. The molecule has 0 radical (unpaired) electrons. The number of aryl methyl sites for hydroxylation is 1. The van der Waals surface area contributed by atoms with Crippen LogP contribution in [0.25, 0.3) is 0 Å². The summed E-state index contributed by atoms with van der Waals surface area (Å²) in [6.45, 7) is 7.29. The van der Waals surface area contributed by atoms with Crippen molar-refractivity contribution in [2.24, 2.45) is 4.99 Å². The van der Waals surface area contributed by atoms with Crippen molar-refractivity contribution in [1.82, 2.24) is 10.6 Å². The van der Waals surface area contributed by atoms with Crippen molar-refractivity contribution >= 4 is 11.9 Å². The van der Waals surface area contributed by atoms with Crippen LogP contribution in [-0.4, -0.2) is 39.0 Å². The molecule has 0 amide bonds. The minimum atomic E-state index is 0.579. The van der Waals surface area contributed by atoms with Crippen molar-refractivity contribution in [2.45, 2.75) is 19.8 Å². The summed E-state index contributed by atoms with van der Waals surface area (Å²) in [6.07, 6.45) is 20.1. The second-order valence-corrected chi connectivity index (χ2v) is 5.54. The molecule has 0 spiro atoms. The van der Waals surface area contributed by atoms with E-state index in [1.807, 2.05) is 42.6 Å². The van der Waals surface area contributed by atoms with E-state index in [2.05, 4.69) is 41.5 Å². The summed E-state index contributed by atoms with van der Waals surface area (Å²) in [5.74, 6) is 0.841. The highest BCUT2D eigenvalue weighted by Gasteiger charge is 2.01. The van der Waals surface area contributed by atoms with Gasteiger partial charge in [-0.2, -0.15) is 0 Å². The van der Waals surface area contributed by atoms with Crippen molar-refractivity contribution < 1.29 is 4.74 Å². The molecular formula is C21H29N3O. The molecule has 0 unspecified atom stereocenters. The maximum Gasteiger partial charge on any atom is 0.145 e. The summed E-state index contributed by atoms with van der Waals surface area (Å²) in [6, 6.07) is 6.05. The lowest BCUT2D eigenvalue weighted by atomic mass is 10.2. The zero-order valence-electron chi connectivity index (χ0n) is 15.1. The third-order valence-electron chi connectivity index (χ3n) is 3.49. The molecule has 1 aromatic carbocycles. The van der Waals surface area contributed by atoms with Crippen LogP contribution in [0.15, 0.2) is 47.5 Å². The summed E-state index contributed by atoms with van der Waals surface area (Å²) >= 11 is 0. The smallest absolute Gasteiger partial charge is 0.145 e. The molecule has 134 valence electrons. The molecule has 0 aliphatic carbocycles. The first-order valence-electron chi connectivity index (χ1n) is 8.68. The van der Waals surface area contributed by atoms with E-state index in [0.29, 0.717) is 6.61 Å². The van der Waals surface area contributed by atoms with E-state index in [4.69, 9.17) is 4.74 Å². The standard InChI is InChI=1S/C14H15NO.C5H12N2.C2H2/c1-12-7-8-14-13(11-12)15-9-5-3-2-4-6-10-16-14;1-2-6-4-5-7-3-1;1-2/h2-4,6-9,11H,5,10H2,1H3;6-7H,1-5H2;1-2H/b3-2-,6-4-,15-9?;;. The van der Waals surface area contributed by atoms with Gasteiger partial charge < -0.3 is 15.4 Å². The number of ether oxygens (including phenoxy) is 1. The van der Waals surface area contributed by atoms with Gasteiger partial charge in [0.25, 0.3) is 0 Å². The molecule has 1 fully saturated rings. The van der Waals surface area contributed by atoms with Crippen molar-refractivity contribution in [3.05, 3.63) is 48.1 Å². The van der Waals surface area contributed by atoms with Crippen LogP contribution in [0.5, 0.6) is 5.75 Å². The third kappa shape index (κ3) is 9.51. The van der Waals surface area contributed by atoms with Crippen LogP contribution < -0.4 is 15.4 Å².